The first-order chi connectivity index (χ1) is 13.2. The van der Waals surface area contributed by atoms with E-state index in [0.717, 1.165) is 41.7 Å². The lowest BCUT2D eigenvalue weighted by molar-refractivity contribution is 0.173. The summed E-state index contributed by atoms with van der Waals surface area (Å²) in [5.41, 5.74) is 4.58. The standard InChI is InChI=1S/C21H18N2O4/c1-13-14(8-22-27-13)9-23-10-21(15-4-2-3-5-17(15)23)11-24-18-7-20-19(6-16(18)21)25-12-26-20/h2-8H,9-12H2,1H3. The molecule has 6 rings (SSSR count). The van der Waals surface area contributed by atoms with Gasteiger partial charge < -0.3 is 23.6 Å². The second-order valence-corrected chi connectivity index (χ2v) is 7.35. The van der Waals surface area contributed by atoms with Crippen LogP contribution in [0.2, 0.25) is 0 Å². The third kappa shape index (κ3) is 1.98. The van der Waals surface area contributed by atoms with Crippen molar-refractivity contribution in [2.24, 2.45) is 0 Å². The average molecular weight is 362 g/mol. The minimum Gasteiger partial charge on any atom is -0.492 e. The number of ether oxygens (including phenoxy) is 3. The number of hydrogen-bond donors (Lipinski definition) is 0. The molecule has 0 aliphatic carbocycles. The minimum absolute atomic E-state index is 0.210. The molecule has 3 aliphatic heterocycles. The summed E-state index contributed by atoms with van der Waals surface area (Å²) >= 11 is 0. The Labute approximate surface area is 156 Å². The highest BCUT2D eigenvalue weighted by Crippen LogP contribution is 2.54. The number of anilines is 1. The third-order valence-corrected chi connectivity index (χ3v) is 5.90. The van der Waals surface area contributed by atoms with Crippen molar-refractivity contribution >= 4 is 5.69 Å². The van der Waals surface area contributed by atoms with Gasteiger partial charge >= 0.3 is 0 Å². The van der Waals surface area contributed by atoms with Crippen molar-refractivity contribution < 1.29 is 18.7 Å². The highest BCUT2D eigenvalue weighted by molar-refractivity contribution is 5.70. The van der Waals surface area contributed by atoms with Gasteiger partial charge in [-0.25, -0.2) is 0 Å². The minimum atomic E-state index is -0.210. The number of nitrogens with zero attached hydrogens (tertiary/aromatic N) is 2. The van der Waals surface area contributed by atoms with Crippen LogP contribution in [0.4, 0.5) is 5.69 Å². The van der Waals surface area contributed by atoms with Crippen LogP contribution in [0.5, 0.6) is 17.2 Å². The van der Waals surface area contributed by atoms with E-state index in [2.05, 4.69) is 40.4 Å². The van der Waals surface area contributed by atoms with Crippen LogP contribution in [-0.2, 0) is 12.0 Å². The van der Waals surface area contributed by atoms with Crippen LogP contribution in [0.3, 0.4) is 0 Å². The van der Waals surface area contributed by atoms with Crippen LogP contribution >= 0.6 is 0 Å². The molecule has 6 nitrogen and oxygen atoms in total. The summed E-state index contributed by atoms with van der Waals surface area (Å²) in [4.78, 5) is 2.39. The number of hydrogen-bond acceptors (Lipinski definition) is 6. The summed E-state index contributed by atoms with van der Waals surface area (Å²) < 4.78 is 22.5. The van der Waals surface area contributed by atoms with E-state index in [1.807, 2.05) is 13.0 Å². The summed E-state index contributed by atoms with van der Waals surface area (Å²) in [5, 5.41) is 3.93. The molecule has 1 atom stereocenters. The van der Waals surface area contributed by atoms with Gasteiger partial charge in [0.25, 0.3) is 0 Å². The van der Waals surface area contributed by atoms with Gasteiger partial charge in [-0.05, 0) is 24.6 Å². The zero-order valence-electron chi connectivity index (χ0n) is 14.9. The van der Waals surface area contributed by atoms with Gasteiger partial charge in [0.1, 0.15) is 18.1 Å². The molecule has 3 aliphatic rings. The van der Waals surface area contributed by atoms with Gasteiger partial charge in [-0.1, -0.05) is 23.4 Å². The molecule has 2 aromatic carbocycles. The Bertz CT molecular complexity index is 1060. The zero-order chi connectivity index (χ0) is 18.0. The maximum atomic E-state index is 6.13. The van der Waals surface area contributed by atoms with Gasteiger partial charge in [-0.3, -0.25) is 0 Å². The molecule has 0 amide bonds. The van der Waals surface area contributed by atoms with E-state index in [1.165, 1.54) is 16.8 Å². The third-order valence-electron chi connectivity index (χ3n) is 5.90. The Morgan fingerprint density at radius 1 is 1.04 bits per heavy atom. The van der Waals surface area contributed by atoms with Gasteiger partial charge in [-0.15, -0.1) is 0 Å². The Morgan fingerprint density at radius 2 is 1.89 bits per heavy atom. The van der Waals surface area contributed by atoms with Gasteiger partial charge in [0.15, 0.2) is 11.5 Å². The molecule has 0 N–H and O–H groups in total. The molecule has 1 aromatic heterocycles. The Morgan fingerprint density at radius 3 is 2.74 bits per heavy atom. The number of para-hydroxylation sites is 1. The molecule has 0 bridgehead atoms. The lowest BCUT2D eigenvalue weighted by atomic mass is 9.77. The predicted octanol–water partition coefficient (Wildman–Crippen LogP) is 3.41. The predicted molar refractivity (Wildman–Crippen MR) is 97.6 cm³/mol. The number of rotatable bonds is 2. The SMILES string of the molecule is Cc1oncc1CN1CC2(COc3cc4c(cc32)OCO4)c2ccccc21. The molecule has 0 radical (unpaired) electrons. The lowest BCUT2D eigenvalue weighted by Crippen LogP contribution is -2.35. The summed E-state index contributed by atoms with van der Waals surface area (Å²) in [7, 11) is 0. The molecule has 0 saturated carbocycles. The number of benzene rings is 2. The fourth-order valence-electron chi connectivity index (χ4n) is 4.52. The van der Waals surface area contributed by atoms with Crippen molar-refractivity contribution in [2.75, 3.05) is 24.8 Å². The van der Waals surface area contributed by atoms with Crippen LogP contribution in [0.1, 0.15) is 22.5 Å². The number of aromatic nitrogens is 1. The molecule has 3 aromatic rings. The van der Waals surface area contributed by atoms with Crippen LogP contribution in [-0.4, -0.2) is 25.1 Å². The molecule has 1 unspecified atom stereocenters. The maximum absolute atomic E-state index is 6.13. The van der Waals surface area contributed by atoms with Crippen LogP contribution in [0.25, 0.3) is 0 Å². The molecule has 4 heterocycles. The van der Waals surface area contributed by atoms with Crippen molar-refractivity contribution in [3.63, 3.8) is 0 Å². The number of fused-ring (bicyclic) bond motifs is 5. The van der Waals surface area contributed by atoms with E-state index >= 15 is 0 Å². The molecular weight excluding hydrogens is 344 g/mol. The lowest BCUT2D eigenvalue weighted by Gasteiger charge is -2.25. The molecule has 0 fully saturated rings. The quantitative estimate of drug-likeness (QED) is 0.696. The van der Waals surface area contributed by atoms with Crippen molar-refractivity contribution in [3.8, 4) is 17.2 Å². The first-order valence-electron chi connectivity index (χ1n) is 9.06. The van der Waals surface area contributed by atoms with Gasteiger partial charge in [0.05, 0.1) is 11.6 Å². The van der Waals surface area contributed by atoms with Gasteiger partial charge in [-0.2, -0.15) is 0 Å². The van der Waals surface area contributed by atoms with Crippen LogP contribution < -0.4 is 19.1 Å². The topological polar surface area (TPSA) is 57.0 Å². The second kappa shape index (κ2) is 5.19. The molecule has 136 valence electrons. The van der Waals surface area contributed by atoms with E-state index < -0.39 is 0 Å². The van der Waals surface area contributed by atoms with Crippen molar-refractivity contribution in [3.05, 3.63) is 65.0 Å². The molecule has 6 heteroatoms. The fraction of sp³-hybridized carbons (Fsp3) is 0.286. The van der Waals surface area contributed by atoms with Crippen molar-refractivity contribution in [1.29, 1.82) is 0 Å². The summed E-state index contributed by atoms with van der Waals surface area (Å²) in [6, 6.07) is 12.6. The van der Waals surface area contributed by atoms with Crippen LogP contribution in [0.15, 0.2) is 47.1 Å². The van der Waals surface area contributed by atoms with Crippen molar-refractivity contribution in [2.45, 2.75) is 18.9 Å². The first-order valence-corrected chi connectivity index (χ1v) is 9.06. The Kier molecular flexibility index (Phi) is 2.88. The van der Waals surface area contributed by atoms with Crippen molar-refractivity contribution in [1.82, 2.24) is 5.16 Å². The first kappa shape index (κ1) is 15.0. The number of aryl methyl sites for hydroxylation is 1. The van der Waals surface area contributed by atoms with Gasteiger partial charge in [0.2, 0.25) is 6.79 Å². The molecular formula is C21H18N2O4. The van der Waals surface area contributed by atoms with Gasteiger partial charge in [0, 0.05) is 36.0 Å². The smallest absolute Gasteiger partial charge is 0.231 e. The van der Waals surface area contributed by atoms with Crippen LogP contribution in [0, 0.1) is 6.92 Å². The zero-order valence-corrected chi connectivity index (χ0v) is 14.9. The van der Waals surface area contributed by atoms with E-state index in [1.54, 1.807) is 6.20 Å². The summed E-state index contributed by atoms with van der Waals surface area (Å²) in [6.45, 7) is 4.42. The second-order valence-electron chi connectivity index (χ2n) is 7.35. The van der Waals surface area contributed by atoms with E-state index in [4.69, 9.17) is 18.7 Å². The molecule has 1 spiro atoms. The summed E-state index contributed by atoms with van der Waals surface area (Å²) in [5.74, 6) is 3.30. The maximum Gasteiger partial charge on any atom is 0.231 e. The van der Waals surface area contributed by atoms with E-state index in [-0.39, 0.29) is 12.2 Å². The fourth-order valence-corrected chi connectivity index (χ4v) is 4.52. The Balaban J connectivity index is 1.47. The highest BCUT2D eigenvalue weighted by Gasteiger charge is 2.50. The average Bonchev–Trinajstić information content (AvgIpc) is 3.44. The summed E-state index contributed by atoms with van der Waals surface area (Å²) in [6.07, 6.45) is 1.81. The molecule has 27 heavy (non-hydrogen) atoms. The highest BCUT2D eigenvalue weighted by atomic mass is 16.7. The molecule has 0 saturated heterocycles. The largest absolute Gasteiger partial charge is 0.492 e. The normalized spacial score (nSPS) is 21.4. The monoisotopic (exact) mass is 362 g/mol. The van der Waals surface area contributed by atoms with E-state index in [0.29, 0.717) is 6.61 Å². The Hall–Kier alpha value is -3.15. The van der Waals surface area contributed by atoms with E-state index in [9.17, 15) is 0 Å².